The third-order valence-electron chi connectivity index (χ3n) is 3.61. The lowest BCUT2D eigenvalue weighted by Gasteiger charge is -2.13. The molecule has 0 aliphatic rings. The maximum Gasteiger partial charge on any atom is 0.416 e. The number of hydrogen-bond donors (Lipinski definition) is 2. The van der Waals surface area contributed by atoms with Crippen LogP contribution >= 0.6 is 22.9 Å². The van der Waals surface area contributed by atoms with Crippen molar-refractivity contribution in [3.63, 3.8) is 0 Å². The van der Waals surface area contributed by atoms with Crippen molar-refractivity contribution < 1.29 is 18.0 Å². The molecule has 8 heteroatoms. The smallest absolute Gasteiger partial charge is 0.298 e. The van der Waals surface area contributed by atoms with Crippen LogP contribution in [-0.2, 0) is 6.18 Å². The summed E-state index contributed by atoms with van der Waals surface area (Å²) in [5.74, 6) is -0.496. The number of nitrogens with one attached hydrogen (secondary N) is 2. The predicted molar refractivity (Wildman–Crippen MR) is 97.9 cm³/mol. The second kappa shape index (κ2) is 7.01. The first kappa shape index (κ1) is 18.3. The van der Waals surface area contributed by atoms with Crippen LogP contribution in [0.25, 0.3) is 15.8 Å². The van der Waals surface area contributed by atoms with E-state index in [9.17, 15) is 18.0 Å². The highest BCUT2D eigenvalue weighted by atomic mass is 35.5. The average molecular weight is 397 g/mol. The third-order valence-corrected chi connectivity index (χ3v) is 5.28. The fourth-order valence-electron chi connectivity index (χ4n) is 2.30. The van der Waals surface area contributed by atoms with E-state index in [1.165, 1.54) is 23.5 Å². The summed E-state index contributed by atoms with van der Waals surface area (Å²) in [6, 6.07) is 12.0. The Morgan fingerprint density at radius 1 is 1.08 bits per heavy atom. The molecule has 3 nitrogen and oxygen atoms in total. The van der Waals surface area contributed by atoms with Crippen LogP contribution < -0.4 is 10.9 Å². The van der Waals surface area contributed by atoms with Gasteiger partial charge in [-0.1, -0.05) is 48.5 Å². The number of rotatable bonds is 4. The summed E-state index contributed by atoms with van der Waals surface area (Å²) in [5, 5.41) is 1.09. The van der Waals surface area contributed by atoms with Gasteiger partial charge in [-0.2, -0.15) is 13.2 Å². The van der Waals surface area contributed by atoms with Crippen LogP contribution in [0.15, 0.2) is 55.1 Å². The largest absolute Gasteiger partial charge is 0.416 e. The van der Waals surface area contributed by atoms with Crippen LogP contribution in [0.5, 0.6) is 0 Å². The second-order valence-electron chi connectivity index (χ2n) is 5.38. The Kier molecular flexibility index (Phi) is 4.93. The number of carbonyl (C=O) groups is 1. The van der Waals surface area contributed by atoms with E-state index in [2.05, 4.69) is 17.4 Å². The lowest BCUT2D eigenvalue weighted by Crippen LogP contribution is -2.35. The van der Waals surface area contributed by atoms with Crippen molar-refractivity contribution in [3.05, 3.63) is 76.1 Å². The summed E-state index contributed by atoms with van der Waals surface area (Å²) in [5.41, 5.74) is 4.49. The molecule has 0 spiro atoms. The number of hydrogen-bond acceptors (Lipinski definition) is 3. The third kappa shape index (κ3) is 3.68. The topological polar surface area (TPSA) is 41.1 Å². The first-order chi connectivity index (χ1) is 12.3. The van der Waals surface area contributed by atoms with Crippen LogP contribution in [0.3, 0.4) is 0 Å². The molecule has 0 saturated heterocycles. The molecular formula is C18H12ClF3N2OS. The van der Waals surface area contributed by atoms with E-state index in [1.54, 1.807) is 6.07 Å². The highest BCUT2D eigenvalue weighted by Gasteiger charge is 2.30. The normalized spacial score (nSPS) is 11.4. The van der Waals surface area contributed by atoms with Gasteiger partial charge in [-0.3, -0.25) is 15.6 Å². The fourth-order valence-corrected chi connectivity index (χ4v) is 3.72. The lowest BCUT2D eigenvalue weighted by atomic mass is 10.1. The zero-order valence-corrected chi connectivity index (χ0v) is 14.7. The lowest BCUT2D eigenvalue weighted by molar-refractivity contribution is -0.137. The molecule has 134 valence electrons. The number of fused-ring (bicyclic) bond motifs is 1. The number of carbonyl (C=O) groups excluding carboxylic acids is 1. The highest BCUT2D eigenvalue weighted by molar-refractivity contribution is 7.21. The molecule has 2 aromatic carbocycles. The first-order valence-corrected chi connectivity index (χ1v) is 8.57. The Morgan fingerprint density at radius 3 is 2.50 bits per heavy atom. The average Bonchev–Trinajstić information content (AvgIpc) is 2.96. The molecule has 2 N–H and O–H groups in total. The highest BCUT2D eigenvalue weighted by Crippen LogP contribution is 2.35. The second-order valence-corrected chi connectivity index (χ2v) is 6.81. The summed E-state index contributed by atoms with van der Waals surface area (Å²) in [6.45, 7) is 3.66. The van der Waals surface area contributed by atoms with Gasteiger partial charge in [0, 0.05) is 10.1 Å². The summed E-state index contributed by atoms with van der Waals surface area (Å²) in [7, 11) is 0. The monoisotopic (exact) mass is 396 g/mol. The number of amides is 1. The Labute approximate surface area is 156 Å². The molecular weight excluding hydrogens is 385 g/mol. The van der Waals surface area contributed by atoms with Gasteiger partial charge in [-0.25, -0.2) is 0 Å². The van der Waals surface area contributed by atoms with Gasteiger partial charge in [0.1, 0.15) is 4.88 Å². The fraction of sp³-hybridized carbons (Fsp3) is 0.0556. The molecule has 3 rings (SSSR count). The van der Waals surface area contributed by atoms with Gasteiger partial charge in [-0.15, -0.1) is 11.3 Å². The van der Waals surface area contributed by atoms with Crippen molar-refractivity contribution >= 4 is 44.6 Å². The standard InChI is InChI=1S/C18H12ClF3N2OS/c1-10(11-5-4-6-12(9-11)18(20,21)22)23-24-17(25)16-15(19)13-7-2-3-8-14(13)26-16/h2-9,23H,1H2,(H,24,25). The Bertz CT molecular complexity index is 998. The number of halogens is 4. The minimum absolute atomic E-state index is 0.127. The molecule has 0 atom stereocenters. The molecule has 3 aromatic rings. The maximum atomic E-state index is 12.8. The molecule has 26 heavy (non-hydrogen) atoms. The van der Waals surface area contributed by atoms with Gasteiger partial charge in [0.25, 0.3) is 5.91 Å². The van der Waals surface area contributed by atoms with Crippen LogP contribution in [0.4, 0.5) is 13.2 Å². The number of thiophene rings is 1. The van der Waals surface area contributed by atoms with Crippen molar-refractivity contribution in [3.8, 4) is 0 Å². The van der Waals surface area contributed by atoms with E-state index in [-0.39, 0.29) is 11.3 Å². The number of alkyl halides is 3. The molecule has 0 radical (unpaired) electrons. The zero-order chi connectivity index (χ0) is 18.9. The predicted octanol–water partition coefficient (Wildman–Crippen LogP) is 5.48. The summed E-state index contributed by atoms with van der Waals surface area (Å²) < 4.78 is 39.2. The molecule has 0 bridgehead atoms. The SMILES string of the molecule is C=C(NNC(=O)c1sc2ccccc2c1Cl)c1cccc(C(F)(F)F)c1. The Balaban J connectivity index is 1.73. The van der Waals surface area contributed by atoms with Gasteiger partial charge in [0.2, 0.25) is 0 Å². The molecule has 0 aliphatic carbocycles. The van der Waals surface area contributed by atoms with Crippen LogP contribution in [0, 0.1) is 0 Å². The number of hydrazine groups is 1. The van der Waals surface area contributed by atoms with E-state index < -0.39 is 17.6 Å². The van der Waals surface area contributed by atoms with Crippen LogP contribution in [-0.4, -0.2) is 5.91 Å². The molecule has 0 aliphatic heterocycles. The van der Waals surface area contributed by atoms with Crippen molar-refractivity contribution in [2.45, 2.75) is 6.18 Å². The molecule has 1 aromatic heterocycles. The van der Waals surface area contributed by atoms with Crippen molar-refractivity contribution in [2.24, 2.45) is 0 Å². The maximum absolute atomic E-state index is 12.8. The summed E-state index contributed by atoms with van der Waals surface area (Å²) in [4.78, 5) is 12.6. The van der Waals surface area contributed by atoms with Crippen LogP contribution in [0.1, 0.15) is 20.8 Å². The quantitative estimate of drug-likeness (QED) is 0.573. The Hall–Kier alpha value is -2.51. The molecule has 0 fully saturated rings. The van der Waals surface area contributed by atoms with E-state index in [0.717, 1.165) is 22.2 Å². The van der Waals surface area contributed by atoms with Crippen molar-refractivity contribution in [1.29, 1.82) is 0 Å². The van der Waals surface area contributed by atoms with E-state index in [1.807, 2.05) is 18.2 Å². The summed E-state index contributed by atoms with van der Waals surface area (Å²) >= 11 is 7.45. The van der Waals surface area contributed by atoms with Gasteiger partial charge < -0.3 is 0 Å². The van der Waals surface area contributed by atoms with Crippen LogP contribution in [0.2, 0.25) is 5.02 Å². The van der Waals surface area contributed by atoms with Crippen molar-refractivity contribution in [1.82, 2.24) is 10.9 Å². The molecule has 1 amide bonds. The Morgan fingerprint density at radius 2 is 1.81 bits per heavy atom. The van der Waals surface area contributed by atoms with Crippen molar-refractivity contribution in [2.75, 3.05) is 0 Å². The van der Waals surface area contributed by atoms with Gasteiger partial charge in [0.05, 0.1) is 16.3 Å². The minimum atomic E-state index is -4.45. The molecule has 0 saturated carbocycles. The summed E-state index contributed by atoms with van der Waals surface area (Å²) in [6.07, 6.45) is -4.45. The van der Waals surface area contributed by atoms with Gasteiger partial charge >= 0.3 is 6.18 Å². The molecule has 0 unspecified atom stereocenters. The van der Waals surface area contributed by atoms with E-state index in [0.29, 0.717) is 9.90 Å². The number of benzene rings is 2. The first-order valence-electron chi connectivity index (χ1n) is 7.37. The van der Waals surface area contributed by atoms with Gasteiger partial charge in [0.15, 0.2) is 0 Å². The van der Waals surface area contributed by atoms with E-state index in [4.69, 9.17) is 11.6 Å². The minimum Gasteiger partial charge on any atom is -0.298 e. The molecule has 1 heterocycles. The van der Waals surface area contributed by atoms with E-state index >= 15 is 0 Å². The zero-order valence-electron chi connectivity index (χ0n) is 13.2. The van der Waals surface area contributed by atoms with Gasteiger partial charge in [-0.05, 0) is 23.8 Å².